The van der Waals surface area contributed by atoms with Gasteiger partial charge in [-0.2, -0.15) is 0 Å². The van der Waals surface area contributed by atoms with Gasteiger partial charge >= 0.3 is 0 Å². The van der Waals surface area contributed by atoms with Crippen LogP contribution in [0.2, 0.25) is 0 Å². The van der Waals surface area contributed by atoms with E-state index in [0.717, 1.165) is 10.5 Å². The summed E-state index contributed by atoms with van der Waals surface area (Å²) in [5.74, 6) is -1.14. The standard InChI is InChI=1S/C32H35F2N5O3S/c1-7-27(41)38-14-15-39(20(4)17-38)32(37-29-21(19(2)3)10-8-13-26(29)43-6)22-16-24(34)30(36-31(22)35-18-40)28-23(33)11-9-12-25(28)42-5/h7-13,16,18-20H,1,14-15,17H2,2-6H3,(H,35,36,40)/b37-32+. The Kier molecular flexibility index (Phi) is 10.2. The molecule has 4 rings (SSSR count). The van der Waals surface area contributed by atoms with Crippen LogP contribution in [0.1, 0.15) is 37.8 Å². The van der Waals surface area contributed by atoms with Crippen molar-refractivity contribution in [3.05, 3.63) is 77.9 Å². The molecule has 1 unspecified atom stereocenters. The van der Waals surface area contributed by atoms with Crippen molar-refractivity contribution in [3.63, 3.8) is 0 Å². The van der Waals surface area contributed by atoms with Crippen LogP contribution < -0.4 is 10.1 Å². The van der Waals surface area contributed by atoms with Crippen LogP contribution in [0.15, 0.2) is 65.0 Å². The average Bonchev–Trinajstić information content (AvgIpc) is 3.00. The van der Waals surface area contributed by atoms with Gasteiger partial charge in [-0.05, 0) is 55.0 Å². The van der Waals surface area contributed by atoms with Gasteiger partial charge in [-0.3, -0.25) is 9.59 Å². The number of halogens is 2. The third kappa shape index (κ3) is 6.56. The van der Waals surface area contributed by atoms with E-state index in [1.165, 1.54) is 49.2 Å². The molecule has 0 aliphatic carbocycles. The smallest absolute Gasteiger partial charge is 0.246 e. The van der Waals surface area contributed by atoms with Gasteiger partial charge in [0.1, 0.15) is 28.9 Å². The van der Waals surface area contributed by atoms with Crippen LogP contribution in [-0.4, -0.2) is 72.0 Å². The van der Waals surface area contributed by atoms with Crippen LogP contribution in [0.4, 0.5) is 20.3 Å². The first-order valence-electron chi connectivity index (χ1n) is 13.8. The van der Waals surface area contributed by atoms with Gasteiger partial charge < -0.3 is 19.9 Å². The number of methoxy groups -OCH3 is 1. The van der Waals surface area contributed by atoms with Gasteiger partial charge in [-0.15, -0.1) is 11.8 Å². The Morgan fingerprint density at radius 2 is 1.95 bits per heavy atom. The molecule has 2 aromatic carbocycles. The first kappa shape index (κ1) is 31.7. The molecule has 8 nitrogen and oxygen atoms in total. The predicted octanol–water partition coefficient (Wildman–Crippen LogP) is 6.25. The van der Waals surface area contributed by atoms with Crippen molar-refractivity contribution in [2.24, 2.45) is 4.99 Å². The summed E-state index contributed by atoms with van der Waals surface area (Å²) in [6, 6.07) is 11.1. The summed E-state index contributed by atoms with van der Waals surface area (Å²) in [4.78, 5) is 38.4. The predicted molar refractivity (Wildman–Crippen MR) is 167 cm³/mol. The Bertz CT molecular complexity index is 1560. The molecule has 1 aromatic heterocycles. The van der Waals surface area contributed by atoms with Gasteiger partial charge in [-0.25, -0.2) is 18.8 Å². The van der Waals surface area contributed by atoms with Gasteiger partial charge in [0.05, 0.1) is 23.9 Å². The minimum Gasteiger partial charge on any atom is -0.496 e. The SMILES string of the molecule is C=CC(=O)N1CCN(/C(=N/c2c(SC)cccc2C(C)C)c2cc(F)c(-c3c(F)cccc3OC)nc2NC=O)C(C)C1. The van der Waals surface area contributed by atoms with Crippen molar-refractivity contribution < 1.29 is 23.1 Å². The number of ether oxygens (including phenoxy) is 1. The maximum atomic E-state index is 16.0. The van der Waals surface area contributed by atoms with Gasteiger partial charge in [0, 0.05) is 30.6 Å². The number of amidine groups is 1. The summed E-state index contributed by atoms with van der Waals surface area (Å²) in [6.07, 6.45) is 3.67. The second-order valence-electron chi connectivity index (χ2n) is 10.3. The van der Waals surface area contributed by atoms with E-state index >= 15 is 4.39 Å². The molecule has 0 bridgehead atoms. The normalized spacial score (nSPS) is 15.4. The first-order chi connectivity index (χ1) is 20.6. The summed E-state index contributed by atoms with van der Waals surface area (Å²) in [5.41, 5.74) is 1.44. The van der Waals surface area contributed by atoms with Crippen molar-refractivity contribution in [2.45, 2.75) is 37.6 Å². The summed E-state index contributed by atoms with van der Waals surface area (Å²) >= 11 is 1.54. The molecular formula is C32H35F2N5O3S. The van der Waals surface area contributed by atoms with Crippen LogP contribution in [0.3, 0.4) is 0 Å². The highest BCUT2D eigenvalue weighted by Gasteiger charge is 2.32. The van der Waals surface area contributed by atoms with E-state index < -0.39 is 11.6 Å². The molecule has 1 aliphatic rings. The maximum absolute atomic E-state index is 16.0. The van der Waals surface area contributed by atoms with E-state index in [1.54, 1.807) is 4.90 Å². The number of aromatic nitrogens is 1. The van der Waals surface area contributed by atoms with E-state index in [2.05, 4.69) is 30.7 Å². The monoisotopic (exact) mass is 607 g/mol. The van der Waals surface area contributed by atoms with E-state index in [1.807, 2.05) is 36.3 Å². The number of benzene rings is 2. The summed E-state index contributed by atoms with van der Waals surface area (Å²) in [5, 5.41) is 2.58. The van der Waals surface area contributed by atoms with Crippen molar-refractivity contribution in [1.82, 2.24) is 14.8 Å². The van der Waals surface area contributed by atoms with Gasteiger partial charge in [0.15, 0.2) is 5.82 Å². The lowest BCUT2D eigenvalue weighted by molar-refractivity contribution is -0.128. The highest BCUT2D eigenvalue weighted by Crippen LogP contribution is 2.39. The van der Waals surface area contributed by atoms with Crippen molar-refractivity contribution in [3.8, 4) is 17.0 Å². The molecule has 226 valence electrons. The summed E-state index contributed by atoms with van der Waals surface area (Å²) in [6.45, 7) is 10.8. The van der Waals surface area contributed by atoms with E-state index in [-0.39, 0.29) is 46.3 Å². The first-order valence-corrected chi connectivity index (χ1v) is 15.0. The number of anilines is 1. The average molecular weight is 608 g/mol. The molecule has 2 amide bonds. The highest BCUT2D eigenvalue weighted by atomic mass is 32.2. The van der Waals surface area contributed by atoms with Crippen LogP contribution in [-0.2, 0) is 9.59 Å². The Morgan fingerprint density at radius 1 is 1.21 bits per heavy atom. The van der Waals surface area contributed by atoms with E-state index in [4.69, 9.17) is 9.73 Å². The largest absolute Gasteiger partial charge is 0.496 e. The molecular weight excluding hydrogens is 572 g/mol. The second kappa shape index (κ2) is 13.8. The number of pyridine rings is 1. The lowest BCUT2D eigenvalue weighted by atomic mass is 10.0. The number of carbonyl (C=O) groups excluding carboxylic acids is 2. The number of piperazine rings is 1. The molecule has 0 saturated carbocycles. The Hall–Kier alpha value is -4.25. The van der Waals surface area contributed by atoms with Crippen molar-refractivity contribution in [1.29, 1.82) is 0 Å². The fourth-order valence-electron chi connectivity index (χ4n) is 5.18. The second-order valence-corrected chi connectivity index (χ2v) is 11.2. The Labute approximate surface area is 254 Å². The number of rotatable bonds is 9. The minimum atomic E-state index is -0.821. The van der Waals surface area contributed by atoms with Crippen molar-refractivity contribution >= 4 is 41.4 Å². The molecule has 0 spiro atoms. The van der Waals surface area contributed by atoms with Gasteiger partial charge in [-0.1, -0.05) is 38.6 Å². The summed E-state index contributed by atoms with van der Waals surface area (Å²) < 4.78 is 36.3. The van der Waals surface area contributed by atoms with Gasteiger partial charge in [0.25, 0.3) is 0 Å². The lowest BCUT2D eigenvalue weighted by Gasteiger charge is -2.41. The number of hydrogen-bond acceptors (Lipinski definition) is 6. The number of para-hydroxylation sites is 1. The van der Waals surface area contributed by atoms with E-state index in [0.29, 0.717) is 37.6 Å². The van der Waals surface area contributed by atoms with E-state index in [9.17, 15) is 14.0 Å². The number of carbonyl (C=O) groups is 2. The van der Waals surface area contributed by atoms with Crippen molar-refractivity contribution in [2.75, 3.05) is 38.3 Å². The molecule has 43 heavy (non-hydrogen) atoms. The van der Waals surface area contributed by atoms with Gasteiger partial charge in [0.2, 0.25) is 12.3 Å². The fraction of sp³-hybridized carbons (Fsp3) is 0.312. The Balaban J connectivity index is 1.99. The zero-order valence-corrected chi connectivity index (χ0v) is 25.7. The quantitative estimate of drug-likeness (QED) is 0.102. The number of nitrogens with zero attached hydrogens (tertiary/aromatic N) is 4. The summed E-state index contributed by atoms with van der Waals surface area (Å²) in [7, 11) is 1.35. The Morgan fingerprint density at radius 3 is 2.58 bits per heavy atom. The number of aliphatic imine (C=N–C) groups is 1. The van der Waals surface area contributed by atoms with Crippen LogP contribution >= 0.6 is 11.8 Å². The molecule has 1 N–H and O–H groups in total. The fourth-order valence-corrected chi connectivity index (χ4v) is 5.75. The number of amides is 2. The molecule has 1 aliphatic heterocycles. The lowest BCUT2D eigenvalue weighted by Crippen LogP contribution is -2.55. The molecule has 11 heteroatoms. The third-order valence-electron chi connectivity index (χ3n) is 7.32. The number of thioether (sulfide) groups is 1. The maximum Gasteiger partial charge on any atom is 0.246 e. The molecule has 1 saturated heterocycles. The zero-order chi connectivity index (χ0) is 31.3. The van der Waals surface area contributed by atoms with Crippen LogP contribution in [0, 0.1) is 11.6 Å². The molecule has 1 fully saturated rings. The molecule has 1 atom stereocenters. The molecule has 2 heterocycles. The minimum absolute atomic E-state index is 0.0000155. The topological polar surface area (TPSA) is 87.1 Å². The molecule has 0 radical (unpaired) electrons. The number of nitrogens with one attached hydrogen (secondary N) is 1. The van der Waals surface area contributed by atoms with Crippen LogP contribution in [0.25, 0.3) is 11.3 Å². The van der Waals surface area contributed by atoms with Crippen LogP contribution in [0.5, 0.6) is 5.75 Å². The third-order valence-corrected chi connectivity index (χ3v) is 8.09. The highest BCUT2D eigenvalue weighted by molar-refractivity contribution is 7.98. The number of hydrogen-bond donors (Lipinski definition) is 1. The zero-order valence-electron chi connectivity index (χ0n) is 24.9. The molecule has 3 aromatic rings.